The zero-order chi connectivity index (χ0) is 12.8. The van der Waals surface area contributed by atoms with E-state index < -0.39 is 0 Å². The number of rotatable bonds is 5. The molecule has 0 aromatic heterocycles. The van der Waals surface area contributed by atoms with E-state index in [1.807, 2.05) is 0 Å². The van der Waals surface area contributed by atoms with Gasteiger partial charge in [-0.3, -0.25) is 4.90 Å². The van der Waals surface area contributed by atoms with Gasteiger partial charge in [0.1, 0.15) is 0 Å². The Kier molecular flexibility index (Phi) is 4.75. The number of hydrogen-bond donors (Lipinski definition) is 1. The molecule has 0 saturated carbocycles. The Labute approximate surface area is 110 Å². The molecule has 100 valence electrons. The fraction of sp³-hybridized carbons (Fsp3) is 0.600. The van der Waals surface area contributed by atoms with Crippen LogP contribution in [0.2, 0.25) is 0 Å². The summed E-state index contributed by atoms with van der Waals surface area (Å²) in [5.74, 6) is 0. The second-order valence-electron chi connectivity index (χ2n) is 5.44. The monoisotopic (exact) mass is 248 g/mol. The highest BCUT2D eigenvalue weighted by Crippen LogP contribution is 2.30. The second kappa shape index (κ2) is 6.32. The van der Waals surface area contributed by atoms with Gasteiger partial charge in [-0.05, 0) is 24.9 Å². The van der Waals surface area contributed by atoms with Crippen LogP contribution in [0.25, 0.3) is 0 Å². The highest BCUT2D eigenvalue weighted by atomic mass is 16.5. The quantitative estimate of drug-likeness (QED) is 0.864. The van der Waals surface area contributed by atoms with Gasteiger partial charge in [0, 0.05) is 32.2 Å². The fourth-order valence-corrected chi connectivity index (χ4v) is 2.94. The van der Waals surface area contributed by atoms with Crippen LogP contribution in [0.4, 0.5) is 0 Å². The summed E-state index contributed by atoms with van der Waals surface area (Å²) in [6.07, 6.45) is 2.40. The lowest BCUT2D eigenvalue weighted by molar-refractivity contribution is 0.0149. The van der Waals surface area contributed by atoms with Gasteiger partial charge in [-0.2, -0.15) is 0 Å². The minimum atomic E-state index is 0.155. The topological polar surface area (TPSA) is 38.5 Å². The van der Waals surface area contributed by atoms with Gasteiger partial charge in [0.15, 0.2) is 0 Å². The molecule has 0 spiro atoms. The Balaban J connectivity index is 1.98. The molecule has 2 N–H and O–H groups in total. The molecule has 2 rings (SSSR count). The predicted octanol–water partition coefficient (Wildman–Crippen LogP) is 1.87. The Morgan fingerprint density at radius 1 is 1.33 bits per heavy atom. The molecule has 1 aromatic carbocycles. The predicted molar refractivity (Wildman–Crippen MR) is 74.3 cm³/mol. The number of benzene rings is 1. The van der Waals surface area contributed by atoms with Crippen LogP contribution >= 0.6 is 0 Å². The first-order valence-corrected chi connectivity index (χ1v) is 6.73. The molecule has 1 saturated heterocycles. The van der Waals surface area contributed by atoms with Gasteiger partial charge in [0.2, 0.25) is 0 Å². The molecular formula is C15H24N2O. The van der Waals surface area contributed by atoms with Crippen molar-refractivity contribution in [3.8, 4) is 0 Å². The summed E-state index contributed by atoms with van der Waals surface area (Å²) in [4.78, 5) is 2.50. The summed E-state index contributed by atoms with van der Waals surface area (Å²) in [5, 5.41) is 0. The van der Waals surface area contributed by atoms with Crippen LogP contribution in [0.3, 0.4) is 0 Å². The van der Waals surface area contributed by atoms with Crippen LogP contribution in [0.1, 0.15) is 18.4 Å². The van der Waals surface area contributed by atoms with Crippen molar-refractivity contribution in [1.29, 1.82) is 0 Å². The minimum Gasteiger partial charge on any atom is -0.384 e. The number of likely N-dealkylation sites (tertiary alicyclic amines) is 1. The highest BCUT2D eigenvalue weighted by Gasteiger charge is 2.34. The van der Waals surface area contributed by atoms with E-state index in [0.717, 1.165) is 19.7 Å². The summed E-state index contributed by atoms with van der Waals surface area (Å²) in [7, 11) is 1.77. The Bertz CT molecular complexity index is 351. The largest absolute Gasteiger partial charge is 0.384 e. The maximum atomic E-state index is 5.97. The average molecular weight is 248 g/mol. The van der Waals surface area contributed by atoms with E-state index in [9.17, 15) is 0 Å². The summed E-state index contributed by atoms with van der Waals surface area (Å²) in [6.45, 7) is 4.72. The van der Waals surface area contributed by atoms with Crippen LogP contribution in [0, 0.1) is 5.41 Å². The molecule has 1 aliphatic rings. The van der Waals surface area contributed by atoms with Gasteiger partial charge in [-0.15, -0.1) is 0 Å². The molecule has 0 amide bonds. The summed E-state index contributed by atoms with van der Waals surface area (Å²) in [6, 6.07) is 10.6. The molecule has 1 fully saturated rings. The molecule has 1 heterocycles. The minimum absolute atomic E-state index is 0.155. The summed E-state index contributed by atoms with van der Waals surface area (Å²) >= 11 is 0. The number of methoxy groups -OCH3 is 1. The lowest BCUT2D eigenvalue weighted by Crippen LogP contribution is -2.49. The molecule has 0 bridgehead atoms. The van der Waals surface area contributed by atoms with Crippen molar-refractivity contribution in [2.75, 3.05) is 33.4 Å². The SMILES string of the molecule is COCC1(CN)CCCN(Cc2ccccc2)C1. The Morgan fingerprint density at radius 2 is 2.11 bits per heavy atom. The van der Waals surface area contributed by atoms with Gasteiger partial charge >= 0.3 is 0 Å². The fourth-order valence-electron chi connectivity index (χ4n) is 2.94. The lowest BCUT2D eigenvalue weighted by atomic mass is 9.80. The van der Waals surface area contributed by atoms with Crippen molar-refractivity contribution in [2.24, 2.45) is 11.1 Å². The molecular weight excluding hydrogens is 224 g/mol. The van der Waals surface area contributed by atoms with Crippen molar-refractivity contribution in [2.45, 2.75) is 19.4 Å². The van der Waals surface area contributed by atoms with Crippen LogP contribution in [0.5, 0.6) is 0 Å². The van der Waals surface area contributed by atoms with Gasteiger partial charge in [-0.25, -0.2) is 0 Å². The zero-order valence-corrected chi connectivity index (χ0v) is 11.3. The standard InChI is InChI=1S/C15H24N2O/c1-18-13-15(11-16)8-5-9-17(12-15)10-14-6-3-2-4-7-14/h2-4,6-7H,5,8-13,16H2,1H3. The third-order valence-corrected chi connectivity index (χ3v) is 3.87. The molecule has 0 aliphatic carbocycles. The molecule has 1 aliphatic heterocycles. The highest BCUT2D eigenvalue weighted by molar-refractivity contribution is 5.14. The molecule has 0 radical (unpaired) electrons. The third kappa shape index (κ3) is 3.31. The van der Waals surface area contributed by atoms with Crippen molar-refractivity contribution in [3.05, 3.63) is 35.9 Å². The van der Waals surface area contributed by atoms with Crippen molar-refractivity contribution in [1.82, 2.24) is 4.90 Å². The molecule has 1 atom stereocenters. The van der Waals surface area contributed by atoms with Crippen LogP contribution in [0.15, 0.2) is 30.3 Å². The molecule has 3 heteroatoms. The van der Waals surface area contributed by atoms with E-state index in [2.05, 4.69) is 35.2 Å². The van der Waals surface area contributed by atoms with Crippen molar-refractivity contribution < 1.29 is 4.74 Å². The number of nitrogens with zero attached hydrogens (tertiary/aromatic N) is 1. The summed E-state index contributed by atoms with van der Waals surface area (Å²) in [5.41, 5.74) is 7.51. The second-order valence-corrected chi connectivity index (χ2v) is 5.44. The van der Waals surface area contributed by atoms with Gasteiger partial charge in [-0.1, -0.05) is 30.3 Å². The number of nitrogens with two attached hydrogens (primary N) is 1. The van der Waals surface area contributed by atoms with Gasteiger partial charge in [0.05, 0.1) is 6.61 Å². The first-order chi connectivity index (χ1) is 8.78. The molecule has 3 nitrogen and oxygen atoms in total. The third-order valence-electron chi connectivity index (χ3n) is 3.87. The van der Waals surface area contributed by atoms with E-state index in [1.54, 1.807) is 7.11 Å². The van der Waals surface area contributed by atoms with Gasteiger partial charge in [0.25, 0.3) is 0 Å². The first-order valence-electron chi connectivity index (χ1n) is 6.73. The number of ether oxygens (including phenoxy) is 1. The van der Waals surface area contributed by atoms with Crippen molar-refractivity contribution >= 4 is 0 Å². The average Bonchev–Trinajstić information content (AvgIpc) is 2.41. The summed E-state index contributed by atoms with van der Waals surface area (Å²) < 4.78 is 5.37. The normalized spacial score (nSPS) is 25.2. The maximum Gasteiger partial charge on any atom is 0.0543 e. The number of piperidine rings is 1. The van der Waals surface area contributed by atoms with E-state index in [-0.39, 0.29) is 5.41 Å². The Hall–Kier alpha value is -0.900. The molecule has 18 heavy (non-hydrogen) atoms. The van der Waals surface area contributed by atoms with E-state index in [0.29, 0.717) is 6.54 Å². The van der Waals surface area contributed by atoms with E-state index in [4.69, 9.17) is 10.5 Å². The Morgan fingerprint density at radius 3 is 2.78 bits per heavy atom. The van der Waals surface area contributed by atoms with E-state index >= 15 is 0 Å². The maximum absolute atomic E-state index is 5.97. The van der Waals surface area contributed by atoms with Crippen LogP contribution < -0.4 is 5.73 Å². The van der Waals surface area contributed by atoms with E-state index in [1.165, 1.54) is 24.9 Å². The van der Waals surface area contributed by atoms with Gasteiger partial charge < -0.3 is 10.5 Å². The van der Waals surface area contributed by atoms with Crippen LogP contribution in [-0.2, 0) is 11.3 Å². The lowest BCUT2D eigenvalue weighted by Gasteiger charge is -2.41. The van der Waals surface area contributed by atoms with Crippen molar-refractivity contribution in [3.63, 3.8) is 0 Å². The zero-order valence-electron chi connectivity index (χ0n) is 11.3. The smallest absolute Gasteiger partial charge is 0.0543 e. The number of hydrogen-bond acceptors (Lipinski definition) is 3. The molecule has 1 aromatic rings. The molecule has 1 unspecified atom stereocenters. The first kappa shape index (κ1) is 13.5. The van der Waals surface area contributed by atoms with Crippen LogP contribution in [-0.4, -0.2) is 38.3 Å².